The van der Waals surface area contributed by atoms with E-state index in [4.69, 9.17) is 9.57 Å². The van der Waals surface area contributed by atoms with Crippen LogP contribution in [0.5, 0.6) is 5.75 Å². The molecule has 0 fully saturated rings. The van der Waals surface area contributed by atoms with E-state index in [0.29, 0.717) is 0 Å². The molecule has 0 unspecified atom stereocenters. The number of ether oxygens (including phenoxy) is 2. The van der Waals surface area contributed by atoms with Gasteiger partial charge in [0.2, 0.25) is 6.61 Å². The van der Waals surface area contributed by atoms with Crippen LogP contribution in [0.15, 0.2) is 29.4 Å². The van der Waals surface area contributed by atoms with E-state index in [0.717, 1.165) is 23.4 Å². The van der Waals surface area contributed by atoms with E-state index < -0.39 is 5.97 Å². The lowest BCUT2D eigenvalue weighted by molar-refractivity contribution is -0.145. The number of methoxy groups -OCH3 is 2. The van der Waals surface area contributed by atoms with Crippen LogP contribution >= 0.6 is 0 Å². The minimum Gasteiger partial charge on any atom is -0.497 e. The molecule has 0 saturated carbocycles. The molecule has 0 atom stereocenters. The second-order valence-corrected chi connectivity index (χ2v) is 5.26. The second kappa shape index (κ2) is 10.6. The molecule has 0 aromatic heterocycles. The van der Waals surface area contributed by atoms with Gasteiger partial charge in [0.15, 0.2) is 0 Å². The zero-order valence-electron chi connectivity index (χ0n) is 15.3. The third-order valence-corrected chi connectivity index (χ3v) is 3.45. The van der Waals surface area contributed by atoms with E-state index >= 15 is 0 Å². The maximum atomic E-state index is 11.1. The summed E-state index contributed by atoms with van der Waals surface area (Å²) in [5, 5.41) is 4.15. The highest BCUT2D eigenvalue weighted by Crippen LogP contribution is 2.27. The summed E-state index contributed by atoms with van der Waals surface area (Å²) in [4.78, 5) is 16.2. The van der Waals surface area contributed by atoms with E-state index in [2.05, 4.69) is 30.7 Å². The van der Waals surface area contributed by atoms with Gasteiger partial charge < -0.3 is 14.3 Å². The number of nitrogens with zero attached hydrogens (tertiary/aromatic N) is 1. The number of carbonyl (C=O) groups is 1. The summed E-state index contributed by atoms with van der Waals surface area (Å²) in [6, 6.07) is 7.60. The molecule has 0 heterocycles. The van der Waals surface area contributed by atoms with Gasteiger partial charge in [-0.25, -0.2) is 4.79 Å². The minimum absolute atomic E-state index is 0.176. The lowest BCUT2D eigenvalue weighted by Crippen LogP contribution is -2.25. The average Bonchev–Trinajstić information content (AvgIpc) is 2.60. The summed E-state index contributed by atoms with van der Waals surface area (Å²) in [5.74, 6) is 0.324. The highest BCUT2D eigenvalue weighted by atomic mass is 16.6. The molecule has 0 aliphatic heterocycles. The zero-order valence-corrected chi connectivity index (χ0v) is 15.3. The number of hydrogen-bond acceptors (Lipinski definition) is 5. The van der Waals surface area contributed by atoms with Crippen molar-refractivity contribution in [1.82, 2.24) is 0 Å². The Hall–Kier alpha value is -2.04. The molecule has 23 heavy (non-hydrogen) atoms. The fourth-order valence-electron chi connectivity index (χ4n) is 1.69. The molecule has 0 radical (unpaired) electrons. The van der Waals surface area contributed by atoms with E-state index in [1.54, 1.807) is 7.11 Å². The first-order valence-electron chi connectivity index (χ1n) is 7.86. The first-order chi connectivity index (χ1) is 10.9. The molecule has 130 valence electrons. The summed E-state index contributed by atoms with van der Waals surface area (Å²) in [6.07, 6.45) is 0.888. The van der Waals surface area contributed by atoms with Crippen LogP contribution in [0.2, 0.25) is 0 Å². The topological polar surface area (TPSA) is 57.1 Å². The predicted molar refractivity (Wildman–Crippen MR) is 92.9 cm³/mol. The summed E-state index contributed by atoms with van der Waals surface area (Å²) in [5.41, 5.74) is 1.55. The standard InChI is InChI=1S/C16H23NO4.C2H6/c1-6-16(2,3)15(17-21-11-14(18)20-5)12-7-9-13(19-4)10-8-12;1-2/h7-10H,6,11H2,1-5H3;1-2H3/b17-15+;. The fraction of sp³-hybridized carbons (Fsp3) is 0.556. The number of hydrogen-bond donors (Lipinski definition) is 0. The molecule has 5 heteroatoms. The summed E-state index contributed by atoms with van der Waals surface area (Å²) >= 11 is 0. The number of benzene rings is 1. The summed E-state index contributed by atoms with van der Waals surface area (Å²) in [6.45, 7) is 10.0. The van der Waals surface area contributed by atoms with Crippen molar-refractivity contribution in [3.05, 3.63) is 29.8 Å². The van der Waals surface area contributed by atoms with Crippen molar-refractivity contribution in [2.75, 3.05) is 20.8 Å². The van der Waals surface area contributed by atoms with Gasteiger partial charge in [-0.2, -0.15) is 0 Å². The molecule has 1 aromatic carbocycles. The average molecular weight is 323 g/mol. The number of esters is 1. The van der Waals surface area contributed by atoms with Gasteiger partial charge in [-0.05, 0) is 30.7 Å². The largest absolute Gasteiger partial charge is 0.497 e. The SMILES string of the molecule is CC.CCC(C)(C)/C(=N/OCC(=O)OC)c1ccc(OC)cc1. The molecular weight excluding hydrogens is 294 g/mol. The Labute approximate surface area is 139 Å². The molecule has 0 spiro atoms. The lowest BCUT2D eigenvalue weighted by atomic mass is 9.81. The third kappa shape index (κ3) is 6.72. The molecule has 0 N–H and O–H groups in total. The zero-order chi connectivity index (χ0) is 17.9. The number of oxime groups is 1. The van der Waals surface area contributed by atoms with Gasteiger partial charge in [0, 0.05) is 11.0 Å². The maximum Gasteiger partial charge on any atom is 0.346 e. The van der Waals surface area contributed by atoms with Crippen LogP contribution in [-0.4, -0.2) is 32.5 Å². The van der Waals surface area contributed by atoms with Crippen LogP contribution in [0.3, 0.4) is 0 Å². The minimum atomic E-state index is -0.456. The van der Waals surface area contributed by atoms with Gasteiger partial charge in [0.25, 0.3) is 0 Å². The van der Waals surface area contributed by atoms with Crippen molar-refractivity contribution in [3.8, 4) is 5.75 Å². The van der Waals surface area contributed by atoms with Crippen molar-refractivity contribution >= 4 is 11.7 Å². The Balaban J connectivity index is 0.00000232. The molecule has 0 aliphatic rings. The first-order valence-corrected chi connectivity index (χ1v) is 7.86. The van der Waals surface area contributed by atoms with E-state index in [-0.39, 0.29) is 12.0 Å². The van der Waals surface area contributed by atoms with Gasteiger partial charge in [-0.3, -0.25) is 0 Å². The van der Waals surface area contributed by atoms with Crippen molar-refractivity contribution in [2.45, 2.75) is 41.0 Å². The van der Waals surface area contributed by atoms with E-state index in [1.807, 2.05) is 38.1 Å². The summed E-state index contributed by atoms with van der Waals surface area (Å²) < 4.78 is 9.69. The quantitative estimate of drug-likeness (QED) is 0.431. The van der Waals surface area contributed by atoms with Crippen LogP contribution in [-0.2, 0) is 14.4 Å². The smallest absolute Gasteiger partial charge is 0.346 e. The maximum absolute atomic E-state index is 11.1. The fourth-order valence-corrected chi connectivity index (χ4v) is 1.69. The molecule has 5 nitrogen and oxygen atoms in total. The van der Waals surface area contributed by atoms with E-state index in [1.165, 1.54) is 7.11 Å². The Morgan fingerprint density at radius 2 is 1.70 bits per heavy atom. The molecule has 0 amide bonds. The number of rotatable bonds is 7. The first kappa shape index (κ1) is 21.0. The Morgan fingerprint density at radius 3 is 2.13 bits per heavy atom. The molecule has 0 aliphatic carbocycles. The van der Waals surface area contributed by atoms with Gasteiger partial charge in [-0.15, -0.1) is 0 Å². The summed E-state index contributed by atoms with van der Waals surface area (Å²) in [7, 11) is 2.94. The monoisotopic (exact) mass is 323 g/mol. The van der Waals surface area contributed by atoms with Gasteiger partial charge in [0.05, 0.1) is 19.9 Å². The van der Waals surface area contributed by atoms with Crippen LogP contribution in [0, 0.1) is 5.41 Å². The normalized spacial score (nSPS) is 11.2. The van der Waals surface area contributed by atoms with Crippen LogP contribution < -0.4 is 4.74 Å². The lowest BCUT2D eigenvalue weighted by Gasteiger charge is -2.24. The predicted octanol–water partition coefficient (Wildman–Crippen LogP) is 4.05. The highest BCUT2D eigenvalue weighted by Gasteiger charge is 2.25. The molecule has 0 saturated heterocycles. The Bertz CT molecular complexity index is 492. The second-order valence-electron chi connectivity index (χ2n) is 5.26. The van der Waals surface area contributed by atoms with Gasteiger partial charge in [-0.1, -0.05) is 39.8 Å². The highest BCUT2D eigenvalue weighted by molar-refractivity contribution is 6.04. The molecule has 0 bridgehead atoms. The molecule has 1 aromatic rings. The third-order valence-electron chi connectivity index (χ3n) is 3.45. The van der Waals surface area contributed by atoms with Gasteiger partial charge >= 0.3 is 5.97 Å². The molecular formula is C18H29NO4. The Kier molecular flexibility index (Phi) is 9.70. The van der Waals surface area contributed by atoms with Crippen LogP contribution in [0.1, 0.15) is 46.6 Å². The Morgan fingerprint density at radius 1 is 1.13 bits per heavy atom. The molecule has 1 rings (SSSR count). The van der Waals surface area contributed by atoms with Crippen molar-refractivity contribution in [3.63, 3.8) is 0 Å². The van der Waals surface area contributed by atoms with Crippen LogP contribution in [0.25, 0.3) is 0 Å². The van der Waals surface area contributed by atoms with Crippen molar-refractivity contribution in [1.29, 1.82) is 0 Å². The van der Waals surface area contributed by atoms with Crippen molar-refractivity contribution in [2.24, 2.45) is 10.6 Å². The van der Waals surface area contributed by atoms with E-state index in [9.17, 15) is 4.79 Å². The van der Waals surface area contributed by atoms with Gasteiger partial charge in [0.1, 0.15) is 5.75 Å². The van der Waals surface area contributed by atoms with Crippen LogP contribution in [0.4, 0.5) is 0 Å². The van der Waals surface area contributed by atoms with Crippen molar-refractivity contribution < 1.29 is 19.1 Å². The number of carbonyl (C=O) groups excluding carboxylic acids is 1.